The molecule has 1 aliphatic heterocycles. The smallest absolute Gasteiger partial charge is 0.217 e. The summed E-state index contributed by atoms with van der Waals surface area (Å²) >= 11 is 1.56. The average Bonchev–Trinajstić information content (AvgIpc) is 3.35. The number of hydrogen-bond donors (Lipinski definition) is 3. The van der Waals surface area contributed by atoms with Crippen LogP contribution in [0.15, 0.2) is 60.0 Å². The number of aliphatic hydroxyl groups excluding tert-OH is 1. The Bertz CT molecular complexity index is 996. The van der Waals surface area contributed by atoms with E-state index in [-0.39, 0.29) is 24.7 Å². The van der Waals surface area contributed by atoms with Gasteiger partial charge in [-0.05, 0) is 16.7 Å². The van der Waals surface area contributed by atoms with Gasteiger partial charge in [-0.2, -0.15) is 5.10 Å². The third-order valence-corrected chi connectivity index (χ3v) is 6.22. The number of amides is 1. The molecule has 8 nitrogen and oxygen atoms in total. The van der Waals surface area contributed by atoms with Crippen molar-refractivity contribution in [3.63, 3.8) is 0 Å². The van der Waals surface area contributed by atoms with Crippen LogP contribution in [0, 0.1) is 0 Å². The average molecular weight is 455 g/mol. The molecule has 2 heterocycles. The van der Waals surface area contributed by atoms with Gasteiger partial charge < -0.3 is 19.9 Å². The molecule has 9 heteroatoms. The molecule has 0 radical (unpaired) electrons. The van der Waals surface area contributed by atoms with Gasteiger partial charge in [-0.25, -0.2) is 4.98 Å². The van der Waals surface area contributed by atoms with Crippen LogP contribution in [0.2, 0.25) is 0 Å². The van der Waals surface area contributed by atoms with Crippen LogP contribution in [0.5, 0.6) is 0 Å². The Morgan fingerprint density at radius 3 is 2.50 bits per heavy atom. The highest BCUT2D eigenvalue weighted by atomic mass is 32.2. The van der Waals surface area contributed by atoms with Crippen LogP contribution in [0.3, 0.4) is 0 Å². The van der Waals surface area contributed by atoms with Gasteiger partial charge in [0.05, 0.1) is 18.8 Å². The first-order valence-electron chi connectivity index (χ1n) is 10.4. The summed E-state index contributed by atoms with van der Waals surface area (Å²) in [6, 6.07) is 15.7. The molecule has 0 bridgehead atoms. The first kappa shape index (κ1) is 22.5. The van der Waals surface area contributed by atoms with E-state index in [0.717, 1.165) is 27.4 Å². The third kappa shape index (κ3) is 5.95. The minimum atomic E-state index is -0.513. The lowest BCUT2D eigenvalue weighted by Crippen LogP contribution is -2.31. The second-order valence-electron chi connectivity index (χ2n) is 7.60. The number of aromatic amines is 1. The van der Waals surface area contributed by atoms with Gasteiger partial charge in [0, 0.05) is 31.2 Å². The number of aromatic nitrogens is 3. The van der Waals surface area contributed by atoms with Crippen molar-refractivity contribution in [2.45, 2.75) is 50.2 Å². The molecule has 0 aliphatic carbocycles. The quantitative estimate of drug-likeness (QED) is 0.448. The first-order valence-corrected chi connectivity index (χ1v) is 11.4. The fourth-order valence-electron chi connectivity index (χ4n) is 3.48. The number of H-pyrrole nitrogens is 1. The van der Waals surface area contributed by atoms with Crippen LogP contribution in [0.4, 0.5) is 0 Å². The molecule has 32 heavy (non-hydrogen) atoms. The van der Waals surface area contributed by atoms with E-state index in [1.807, 2.05) is 48.5 Å². The Labute approximate surface area is 190 Å². The molecule has 1 aliphatic rings. The second kappa shape index (κ2) is 10.7. The molecule has 2 aromatic carbocycles. The lowest BCUT2D eigenvalue weighted by Gasteiger charge is -2.36. The zero-order valence-electron chi connectivity index (χ0n) is 17.7. The summed E-state index contributed by atoms with van der Waals surface area (Å²) in [6.45, 7) is 2.00. The topological polar surface area (TPSA) is 109 Å². The Hall–Kier alpha value is -2.72. The molecule has 3 atom stereocenters. The number of thioether (sulfide) groups is 1. The van der Waals surface area contributed by atoms with Crippen molar-refractivity contribution in [1.82, 2.24) is 20.5 Å². The maximum Gasteiger partial charge on any atom is 0.217 e. The Kier molecular flexibility index (Phi) is 7.54. The molecule has 0 saturated carbocycles. The summed E-state index contributed by atoms with van der Waals surface area (Å²) in [5.74, 6) is 0.649. The van der Waals surface area contributed by atoms with Gasteiger partial charge in [0.2, 0.25) is 5.91 Å². The van der Waals surface area contributed by atoms with Crippen LogP contribution in [-0.4, -0.2) is 38.1 Å². The summed E-state index contributed by atoms with van der Waals surface area (Å²) in [5, 5.41) is 19.6. The largest absolute Gasteiger partial charge is 0.392 e. The van der Waals surface area contributed by atoms with Gasteiger partial charge >= 0.3 is 0 Å². The zero-order valence-corrected chi connectivity index (χ0v) is 18.5. The summed E-state index contributed by atoms with van der Waals surface area (Å²) < 4.78 is 12.6. The predicted molar refractivity (Wildman–Crippen MR) is 119 cm³/mol. The molecule has 3 N–H and O–H groups in total. The number of carbonyl (C=O) groups excluding carboxylic acids is 1. The van der Waals surface area contributed by atoms with Crippen molar-refractivity contribution < 1.29 is 19.4 Å². The maximum atomic E-state index is 11.1. The minimum absolute atomic E-state index is 0.0127. The first-order chi connectivity index (χ1) is 15.6. The Morgan fingerprint density at radius 1 is 1.12 bits per heavy atom. The molecule has 1 saturated heterocycles. The summed E-state index contributed by atoms with van der Waals surface area (Å²) in [5.41, 5.74) is 3.84. The molecule has 1 aromatic heterocycles. The molecular formula is C23H26N4O4S. The zero-order chi connectivity index (χ0) is 22.3. The number of nitrogens with zero attached hydrogens (tertiary/aromatic N) is 2. The molecule has 0 spiro atoms. The number of aliphatic hydroxyl groups is 1. The summed E-state index contributed by atoms with van der Waals surface area (Å²) in [4.78, 5) is 15.3. The fraction of sp³-hybridized carbons (Fsp3) is 0.348. The summed E-state index contributed by atoms with van der Waals surface area (Å²) in [6.07, 6.45) is 1.49. The van der Waals surface area contributed by atoms with Crippen LogP contribution >= 0.6 is 11.8 Å². The van der Waals surface area contributed by atoms with Crippen molar-refractivity contribution in [2.24, 2.45) is 0 Å². The van der Waals surface area contributed by atoms with Crippen LogP contribution in [0.1, 0.15) is 48.0 Å². The molecule has 1 amide bonds. The van der Waals surface area contributed by atoms with Gasteiger partial charge in [0.15, 0.2) is 11.4 Å². The van der Waals surface area contributed by atoms with Crippen molar-refractivity contribution in [3.8, 4) is 0 Å². The van der Waals surface area contributed by atoms with E-state index in [1.165, 1.54) is 13.3 Å². The molecule has 168 valence electrons. The van der Waals surface area contributed by atoms with E-state index < -0.39 is 6.29 Å². The number of carbonyl (C=O) groups is 1. The Balaban J connectivity index is 1.49. The second-order valence-corrected chi connectivity index (χ2v) is 8.61. The molecule has 0 unspecified atom stereocenters. The summed E-state index contributed by atoms with van der Waals surface area (Å²) in [7, 11) is 0. The van der Waals surface area contributed by atoms with Crippen molar-refractivity contribution in [2.75, 3.05) is 5.75 Å². The van der Waals surface area contributed by atoms with E-state index in [2.05, 4.69) is 20.5 Å². The lowest BCUT2D eigenvalue weighted by atomic mass is 10.0. The number of hydrogen-bond acceptors (Lipinski definition) is 7. The van der Waals surface area contributed by atoms with E-state index in [4.69, 9.17) is 9.47 Å². The highest BCUT2D eigenvalue weighted by Crippen LogP contribution is 2.39. The highest BCUT2D eigenvalue weighted by Gasteiger charge is 2.32. The minimum Gasteiger partial charge on any atom is -0.392 e. The highest BCUT2D eigenvalue weighted by molar-refractivity contribution is 7.99. The number of ether oxygens (including phenoxy) is 2. The normalized spacial score (nSPS) is 20.8. The number of nitrogens with one attached hydrogen (secondary N) is 2. The van der Waals surface area contributed by atoms with Crippen molar-refractivity contribution in [3.05, 3.63) is 77.1 Å². The van der Waals surface area contributed by atoms with Crippen LogP contribution in [-0.2, 0) is 27.4 Å². The molecule has 4 rings (SSSR count). The molecular weight excluding hydrogens is 428 g/mol. The van der Waals surface area contributed by atoms with E-state index in [0.29, 0.717) is 18.7 Å². The lowest BCUT2D eigenvalue weighted by molar-refractivity contribution is -0.245. The predicted octanol–water partition coefficient (Wildman–Crippen LogP) is 3.27. The number of rotatable bonds is 8. The van der Waals surface area contributed by atoms with Crippen LogP contribution in [0.25, 0.3) is 0 Å². The van der Waals surface area contributed by atoms with E-state index >= 15 is 0 Å². The molecule has 3 aromatic rings. The van der Waals surface area contributed by atoms with Crippen LogP contribution < -0.4 is 5.32 Å². The van der Waals surface area contributed by atoms with Gasteiger partial charge in [0.25, 0.3) is 0 Å². The monoisotopic (exact) mass is 454 g/mol. The van der Waals surface area contributed by atoms with E-state index in [9.17, 15) is 9.90 Å². The van der Waals surface area contributed by atoms with Gasteiger partial charge in [-0.1, -0.05) is 60.3 Å². The van der Waals surface area contributed by atoms with E-state index in [1.54, 1.807) is 11.8 Å². The Morgan fingerprint density at radius 2 is 1.84 bits per heavy atom. The van der Waals surface area contributed by atoms with Crippen molar-refractivity contribution in [1.29, 1.82) is 0 Å². The SMILES string of the molecule is CC(=O)NCc1ccc([C@H]2O[C@@H](CSc3ncn[nH]3)C[C@@H](c3ccc(CO)cc3)O2)cc1. The number of benzene rings is 2. The fourth-order valence-corrected chi connectivity index (χ4v) is 4.27. The maximum absolute atomic E-state index is 11.1. The van der Waals surface area contributed by atoms with Gasteiger partial charge in [-0.15, -0.1) is 0 Å². The third-order valence-electron chi connectivity index (χ3n) is 5.21. The van der Waals surface area contributed by atoms with Crippen molar-refractivity contribution >= 4 is 17.7 Å². The van der Waals surface area contributed by atoms with Gasteiger partial charge in [-0.3, -0.25) is 9.89 Å². The molecule has 1 fully saturated rings. The van der Waals surface area contributed by atoms with Gasteiger partial charge in [0.1, 0.15) is 6.33 Å². The standard InChI is InChI=1S/C23H26N4O4S/c1-15(29)24-11-16-2-8-19(9-3-16)22-30-20(13-32-23-25-14-26-27-23)10-21(31-22)18-6-4-17(12-28)5-7-18/h2-9,14,20-22,28H,10-13H2,1H3,(H,24,29)(H,25,26,27)/t20-,21+,22+/m1/s1.